The predicted molar refractivity (Wildman–Crippen MR) is 115 cm³/mol. The van der Waals surface area contributed by atoms with Gasteiger partial charge in [0.1, 0.15) is 17.8 Å². The van der Waals surface area contributed by atoms with E-state index in [2.05, 4.69) is 54.0 Å². The maximum Gasteiger partial charge on any atom is 0.133 e. The van der Waals surface area contributed by atoms with Crippen LogP contribution in [0, 0.1) is 11.8 Å². The van der Waals surface area contributed by atoms with E-state index in [0.29, 0.717) is 11.8 Å². The van der Waals surface area contributed by atoms with Gasteiger partial charge in [-0.3, -0.25) is 9.47 Å². The van der Waals surface area contributed by atoms with Crippen LogP contribution < -0.4 is 4.48 Å². The first-order valence-corrected chi connectivity index (χ1v) is 10.3. The topological polar surface area (TPSA) is 33.1 Å². The highest BCUT2D eigenvalue weighted by molar-refractivity contribution is 5.82. The fourth-order valence-electron chi connectivity index (χ4n) is 5.73. The zero-order valence-corrected chi connectivity index (χ0v) is 16.1. The van der Waals surface area contributed by atoms with Crippen LogP contribution in [-0.2, 0) is 0 Å². The predicted octanol–water partition coefficient (Wildman–Crippen LogP) is 4.87. The van der Waals surface area contributed by atoms with Crippen LogP contribution >= 0.6 is 0 Å². The number of aliphatic hydroxyl groups excluding tert-OH is 1. The zero-order chi connectivity index (χ0) is 19.1. The standard InChI is InChI=1S/C25H27N2O/c1-2-18-17-27(20-8-4-3-5-9-20)15-13-19(18)16-24(27)25(28)22-12-14-26-23-11-7-6-10-21(22)23/h2-12,14,18-19,24-25,28H,1,13,15-17H2/q+1/t18-,19-,24+,25-,27-/m0/s1. The van der Waals surface area contributed by atoms with Crippen molar-refractivity contribution in [2.75, 3.05) is 13.1 Å². The molecule has 3 saturated heterocycles. The minimum absolute atomic E-state index is 0.156. The Balaban J connectivity index is 1.62. The van der Waals surface area contributed by atoms with Crippen LogP contribution in [0.1, 0.15) is 24.5 Å². The van der Waals surface area contributed by atoms with Crippen LogP contribution in [0.4, 0.5) is 5.69 Å². The van der Waals surface area contributed by atoms with E-state index >= 15 is 0 Å². The number of aromatic nitrogens is 1. The van der Waals surface area contributed by atoms with Crippen LogP contribution in [0.5, 0.6) is 0 Å². The van der Waals surface area contributed by atoms with E-state index in [1.54, 1.807) is 0 Å². The molecule has 0 amide bonds. The van der Waals surface area contributed by atoms with Gasteiger partial charge in [-0.25, -0.2) is 0 Å². The van der Waals surface area contributed by atoms with E-state index in [4.69, 9.17) is 0 Å². The van der Waals surface area contributed by atoms with E-state index in [0.717, 1.165) is 40.5 Å². The number of piperidine rings is 3. The fourth-order valence-corrected chi connectivity index (χ4v) is 5.73. The summed E-state index contributed by atoms with van der Waals surface area (Å²) in [5, 5.41) is 12.7. The quantitative estimate of drug-likeness (QED) is 0.524. The summed E-state index contributed by atoms with van der Waals surface area (Å²) in [4.78, 5) is 4.49. The van der Waals surface area contributed by atoms with Gasteiger partial charge in [0.15, 0.2) is 0 Å². The van der Waals surface area contributed by atoms with Gasteiger partial charge < -0.3 is 5.11 Å². The molecule has 5 atom stereocenters. The lowest BCUT2D eigenvalue weighted by molar-refractivity contribution is -0.0393. The molecule has 3 aliphatic rings. The van der Waals surface area contributed by atoms with E-state index in [1.165, 1.54) is 12.1 Å². The van der Waals surface area contributed by atoms with Crippen molar-refractivity contribution in [3.05, 3.63) is 85.1 Å². The first-order chi connectivity index (χ1) is 13.7. The van der Waals surface area contributed by atoms with Crippen molar-refractivity contribution in [1.82, 2.24) is 9.47 Å². The lowest BCUT2D eigenvalue weighted by Crippen LogP contribution is -2.69. The molecule has 3 heteroatoms. The Hall–Kier alpha value is -2.49. The summed E-state index contributed by atoms with van der Waals surface area (Å²) in [7, 11) is 0. The SMILES string of the molecule is C=C[C@H]1C[N@+]2(c3ccccc3)CC[C@H]1C[C@@H]2[C@@H](O)c1ccnc2ccccc12. The van der Waals surface area contributed by atoms with Crippen molar-refractivity contribution in [1.29, 1.82) is 0 Å². The second-order valence-electron chi connectivity index (χ2n) is 8.39. The van der Waals surface area contributed by atoms with Gasteiger partial charge in [0.25, 0.3) is 0 Å². The normalized spacial score (nSPS) is 30.2. The van der Waals surface area contributed by atoms with Gasteiger partial charge >= 0.3 is 0 Å². The molecule has 3 aliphatic heterocycles. The summed E-state index contributed by atoms with van der Waals surface area (Å²) in [5.41, 5.74) is 3.27. The fraction of sp³-hybridized carbons (Fsp3) is 0.320. The third-order valence-corrected chi connectivity index (χ3v) is 7.16. The average molecular weight is 372 g/mol. The summed E-state index contributed by atoms with van der Waals surface area (Å²) >= 11 is 0. The molecule has 0 aliphatic carbocycles. The second-order valence-corrected chi connectivity index (χ2v) is 8.39. The van der Waals surface area contributed by atoms with E-state index in [-0.39, 0.29) is 6.04 Å². The molecule has 4 heterocycles. The summed E-state index contributed by atoms with van der Waals surface area (Å²) < 4.78 is 0.853. The molecule has 1 N–H and O–H groups in total. The Bertz CT molecular complexity index is 996. The third kappa shape index (κ3) is 2.61. The molecule has 1 aromatic heterocycles. The number of hydrogen-bond acceptors (Lipinski definition) is 2. The molecule has 0 radical (unpaired) electrons. The molecule has 2 aromatic carbocycles. The number of aliphatic hydroxyl groups is 1. The molecular formula is C25H27N2O+. The Morgan fingerprint density at radius 2 is 1.86 bits per heavy atom. The monoisotopic (exact) mass is 371 g/mol. The van der Waals surface area contributed by atoms with Crippen molar-refractivity contribution in [2.45, 2.75) is 25.0 Å². The first kappa shape index (κ1) is 17.6. The highest BCUT2D eigenvalue weighted by Gasteiger charge is 2.55. The number of fused-ring (bicyclic) bond motifs is 4. The van der Waals surface area contributed by atoms with Crippen LogP contribution in [0.3, 0.4) is 0 Å². The van der Waals surface area contributed by atoms with Crippen LogP contribution in [0.15, 0.2) is 79.5 Å². The highest BCUT2D eigenvalue weighted by atomic mass is 16.3. The molecular weight excluding hydrogens is 344 g/mol. The van der Waals surface area contributed by atoms with Gasteiger partial charge in [-0.1, -0.05) is 42.5 Å². The molecule has 6 rings (SSSR count). The van der Waals surface area contributed by atoms with Crippen molar-refractivity contribution >= 4 is 16.6 Å². The highest BCUT2D eigenvalue weighted by Crippen LogP contribution is 2.49. The van der Waals surface area contributed by atoms with E-state index in [9.17, 15) is 5.11 Å². The molecule has 0 saturated carbocycles. The van der Waals surface area contributed by atoms with Crippen LogP contribution in [0.2, 0.25) is 0 Å². The van der Waals surface area contributed by atoms with Gasteiger partial charge in [0.2, 0.25) is 0 Å². The number of benzene rings is 2. The second kappa shape index (κ2) is 6.84. The van der Waals surface area contributed by atoms with Gasteiger partial charge in [-0.15, -0.1) is 6.58 Å². The number of para-hydroxylation sites is 2. The van der Waals surface area contributed by atoms with Crippen molar-refractivity contribution in [3.8, 4) is 0 Å². The number of quaternary nitrogens is 1. The molecule has 142 valence electrons. The lowest BCUT2D eigenvalue weighted by Gasteiger charge is -2.57. The van der Waals surface area contributed by atoms with Gasteiger partial charge in [-0.05, 0) is 35.7 Å². The maximum atomic E-state index is 11.7. The maximum absolute atomic E-state index is 11.7. The Labute approximate surface area is 166 Å². The average Bonchev–Trinajstić information content (AvgIpc) is 2.79. The summed E-state index contributed by atoms with van der Waals surface area (Å²) in [6, 6.07) is 21.1. The van der Waals surface area contributed by atoms with E-state index < -0.39 is 6.10 Å². The van der Waals surface area contributed by atoms with Crippen LogP contribution in [-0.4, -0.2) is 29.2 Å². The largest absolute Gasteiger partial charge is 0.382 e. The summed E-state index contributed by atoms with van der Waals surface area (Å²) in [5.74, 6) is 1.14. The molecule has 2 bridgehead atoms. The Morgan fingerprint density at radius 1 is 1.07 bits per heavy atom. The van der Waals surface area contributed by atoms with Gasteiger partial charge in [-0.2, -0.15) is 0 Å². The first-order valence-electron chi connectivity index (χ1n) is 10.3. The van der Waals surface area contributed by atoms with Crippen LogP contribution in [0.25, 0.3) is 10.9 Å². The van der Waals surface area contributed by atoms with Crippen molar-refractivity contribution < 1.29 is 5.11 Å². The van der Waals surface area contributed by atoms with Crippen molar-refractivity contribution in [2.24, 2.45) is 11.8 Å². The summed E-state index contributed by atoms with van der Waals surface area (Å²) in [6.07, 6.45) is 5.69. The van der Waals surface area contributed by atoms with Gasteiger partial charge in [0, 0.05) is 30.3 Å². The molecule has 3 nitrogen and oxygen atoms in total. The zero-order valence-electron chi connectivity index (χ0n) is 16.1. The molecule has 3 fully saturated rings. The van der Waals surface area contributed by atoms with E-state index in [1.807, 2.05) is 30.5 Å². The lowest BCUT2D eigenvalue weighted by atomic mass is 9.71. The molecule has 0 unspecified atom stereocenters. The Kier molecular flexibility index (Phi) is 4.30. The Morgan fingerprint density at radius 3 is 2.68 bits per heavy atom. The molecule has 28 heavy (non-hydrogen) atoms. The number of rotatable bonds is 4. The number of hydrogen-bond donors (Lipinski definition) is 1. The third-order valence-electron chi connectivity index (χ3n) is 7.16. The number of pyridine rings is 1. The van der Waals surface area contributed by atoms with Gasteiger partial charge in [0.05, 0.1) is 18.6 Å². The van der Waals surface area contributed by atoms with Crippen molar-refractivity contribution in [3.63, 3.8) is 0 Å². The summed E-state index contributed by atoms with van der Waals surface area (Å²) in [6.45, 7) is 6.23. The minimum Gasteiger partial charge on any atom is -0.382 e. The number of nitrogens with zero attached hydrogens (tertiary/aromatic N) is 2. The molecule has 3 aromatic rings. The smallest absolute Gasteiger partial charge is 0.133 e. The molecule has 0 spiro atoms. The minimum atomic E-state index is -0.512.